The van der Waals surface area contributed by atoms with Gasteiger partial charge >= 0.3 is 12.1 Å². The summed E-state index contributed by atoms with van der Waals surface area (Å²) in [6.07, 6.45) is 2.48. The molecule has 3 aromatic rings. The van der Waals surface area contributed by atoms with Crippen molar-refractivity contribution in [3.05, 3.63) is 72.1 Å². The molecule has 1 aliphatic rings. The van der Waals surface area contributed by atoms with Crippen molar-refractivity contribution in [2.45, 2.75) is 71.8 Å². The van der Waals surface area contributed by atoms with Gasteiger partial charge in [0, 0.05) is 24.8 Å². The molecule has 2 aromatic carbocycles. The van der Waals surface area contributed by atoms with Crippen molar-refractivity contribution in [3.8, 4) is 16.9 Å². The third-order valence-electron chi connectivity index (χ3n) is 6.11. The summed E-state index contributed by atoms with van der Waals surface area (Å²) >= 11 is 0. The molecule has 0 unspecified atom stereocenters. The number of nitrogens with zero attached hydrogens (tertiary/aromatic N) is 3. The smallest absolute Gasteiger partial charge is 0.407 e. The van der Waals surface area contributed by atoms with E-state index in [1.54, 1.807) is 55.9 Å². The summed E-state index contributed by atoms with van der Waals surface area (Å²) in [6, 6.07) is 13.5. The number of carbonyl (C=O) groups excluding carboxylic acids is 4. The van der Waals surface area contributed by atoms with E-state index in [0.717, 1.165) is 11.1 Å². The van der Waals surface area contributed by atoms with Gasteiger partial charge in [0.2, 0.25) is 6.10 Å². The lowest BCUT2D eigenvalue weighted by atomic mass is 10.1. The lowest BCUT2D eigenvalue weighted by Crippen LogP contribution is -2.43. The summed E-state index contributed by atoms with van der Waals surface area (Å²) in [6.45, 7) is 11.3. The molecule has 3 amide bonds. The fraction of sp³-hybridized carbons (Fsp3) is 0.406. The van der Waals surface area contributed by atoms with Crippen LogP contribution in [0.15, 0.2) is 60.9 Å². The Morgan fingerprint density at radius 3 is 2.07 bits per heavy atom. The van der Waals surface area contributed by atoms with E-state index in [4.69, 9.17) is 19.0 Å². The van der Waals surface area contributed by atoms with Crippen molar-refractivity contribution >= 4 is 23.9 Å². The number of hydrogen-bond donors (Lipinski definition) is 1. The topological polar surface area (TPSA) is 138 Å². The molecule has 12 heteroatoms. The third-order valence-corrected chi connectivity index (χ3v) is 6.11. The number of hydroxylamine groups is 2. The number of benzene rings is 2. The maximum atomic E-state index is 13.0. The van der Waals surface area contributed by atoms with Crippen molar-refractivity contribution in [1.82, 2.24) is 20.2 Å². The van der Waals surface area contributed by atoms with Gasteiger partial charge in [0.15, 0.2) is 0 Å². The Hall–Kier alpha value is -4.71. The van der Waals surface area contributed by atoms with E-state index in [1.807, 2.05) is 39.1 Å². The Bertz CT molecular complexity index is 1470. The van der Waals surface area contributed by atoms with Gasteiger partial charge in [-0.15, -0.1) is 5.06 Å². The zero-order chi connectivity index (χ0) is 32.1. The fourth-order valence-electron chi connectivity index (χ4n) is 4.20. The zero-order valence-electron chi connectivity index (χ0n) is 25.8. The van der Waals surface area contributed by atoms with E-state index < -0.39 is 41.2 Å². The molecule has 1 atom stereocenters. The van der Waals surface area contributed by atoms with Crippen molar-refractivity contribution in [2.75, 3.05) is 13.2 Å². The Labute approximate surface area is 256 Å². The second-order valence-corrected chi connectivity index (χ2v) is 12.2. The maximum Gasteiger partial charge on any atom is 0.407 e. The van der Waals surface area contributed by atoms with Crippen LogP contribution in [-0.2, 0) is 25.7 Å². The van der Waals surface area contributed by atoms with Crippen LogP contribution in [0.3, 0.4) is 0 Å². The van der Waals surface area contributed by atoms with Crippen LogP contribution < -0.4 is 10.1 Å². The number of aryl methyl sites for hydroxylation is 1. The van der Waals surface area contributed by atoms with Crippen LogP contribution >= 0.6 is 0 Å². The van der Waals surface area contributed by atoms with Crippen molar-refractivity contribution in [2.24, 2.45) is 0 Å². The second kappa shape index (κ2) is 13.3. The van der Waals surface area contributed by atoms with Crippen LogP contribution in [0.4, 0.5) is 4.79 Å². The number of alkyl carbamates (subject to hydrolysis) is 1. The van der Waals surface area contributed by atoms with E-state index in [0.29, 0.717) is 30.3 Å². The summed E-state index contributed by atoms with van der Waals surface area (Å²) in [5.41, 5.74) is 0.785. The summed E-state index contributed by atoms with van der Waals surface area (Å²) in [5.74, 6) is -1.67. The van der Waals surface area contributed by atoms with Gasteiger partial charge in [0.1, 0.15) is 23.6 Å². The quantitative estimate of drug-likeness (QED) is 0.186. The molecule has 234 valence electrons. The Morgan fingerprint density at radius 1 is 0.864 bits per heavy atom. The molecule has 0 saturated carbocycles. The van der Waals surface area contributed by atoms with Gasteiger partial charge in [-0.25, -0.2) is 14.4 Å². The van der Waals surface area contributed by atoms with Crippen LogP contribution in [0.2, 0.25) is 0 Å². The van der Waals surface area contributed by atoms with E-state index >= 15 is 0 Å². The predicted octanol–water partition coefficient (Wildman–Crippen LogP) is 4.78. The summed E-state index contributed by atoms with van der Waals surface area (Å²) in [4.78, 5) is 56.0. The summed E-state index contributed by atoms with van der Waals surface area (Å²) < 4.78 is 18.3. The van der Waals surface area contributed by atoms with Gasteiger partial charge in [-0.2, -0.15) is 5.10 Å². The van der Waals surface area contributed by atoms with Crippen LogP contribution in [0.5, 0.6) is 5.75 Å². The minimum Gasteiger partial charge on any atom is -0.490 e. The number of amides is 3. The molecule has 1 N–H and O–H groups in total. The number of aromatic nitrogens is 2. The van der Waals surface area contributed by atoms with Crippen LogP contribution in [-0.4, -0.2) is 69.2 Å². The maximum absolute atomic E-state index is 13.0. The molecular formula is C32H38N4O8. The second-order valence-electron chi connectivity index (χ2n) is 12.2. The van der Waals surface area contributed by atoms with Crippen LogP contribution in [0.1, 0.15) is 68.7 Å². The van der Waals surface area contributed by atoms with Gasteiger partial charge in [-0.05, 0) is 77.8 Å². The third kappa shape index (κ3) is 8.66. The molecule has 0 saturated heterocycles. The number of fused-ring (bicyclic) bond motifs is 1. The SMILES string of the molecule is CC(C)(C)OC(=O)NCCCn1cc(-c2ccc(OC[C@H](ON3C(=O)c4ccccc4C3=O)C(=O)OC(C)(C)C)cc2)cn1. The van der Waals surface area contributed by atoms with Gasteiger partial charge in [0.05, 0.1) is 17.3 Å². The Kier molecular flexibility index (Phi) is 9.73. The highest BCUT2D eigenvalue weighted by Crippen LogP contribution is 2.26. The average molecular weight is 607 g/mol. The molecule has 4 rings (SSSR count). The molecular weight excluding hydrogens is 568 g/mol. The normalized spacial score (nSPS) is 13.8. The molecule has 12 nitrogen and oxygen atoms in total. The Balaban J connectivity index is 1.34. The first-order chi connectivity index (χ1) is 20.7. The lowest BCUT2D eigenvalue weighted by molar-refractivity contribution is -0.193. The highest BCUT2D eigenvalue weighted by Gasteiger charge is 2.40. The minimum atomic E-state index is -1.39. The molecule has 0 aliphatic carbocycles. The standard InChI is InChI=1S/C32H38N4O8/c1-31(2,3)42-29(39)26(44-36-27(37)24-10-7-8-11-25(24)28(36)38)20-41-23-14-12-21(13-15-23)22-18-34-35(19-22)17-9-16-33-30(40)43-32(4,5)6/h7-8,10-15,18-19,26H,9,16-17,20H2,1-6H3,(H,33,40)/t26-/m0/s1. The fourth-order valence-corrected chi connectivity index (χ4v) is 4.20. The number of nitrogens with one attached hydrogen (secondary N) is 1. The first-order valence-electron chi connectivity index (χ1n) is 14.3. The number of carbonyl (C=O) groups is 4. The lowest BCUT2D eigenvalue weighted by Gasteiger charge is -2.26. The number of esters is 1. The van der Waals surface area contributed by atoms with Gasteiger partial charge < -0.3 is 19.5 Å². The number of hydrogen-bond acceptors (Lipinski definition) is 9. The van der Waals surface area contributed by atoms with Gasteiger partial charge in [-0.1, -0.05) is 24.3 Å². The molecule has 44 heavy (non-hydrogen) atoms. The van der Waals surface area contributed by atoms with E-state index in [1.165, 1.54) is 12.1 Å². The van der Waals surface area contributed by atoms with Gasteiger partial charge in [-0.3, -0.25) is 14.3 Å². The van der Waals surface area contributed by atoms with Gasteiger partial charge in [0.25, 0.3) is 11.8 Å². The van der Waals surface area contributed by atoms with Crippen molar-refractivity contribution in [3.63, 3.8) is 0 Å². The van der Waals surface area contributed by atoms with Crippen LogP contribution in [0, 0.1) is 0 Å². The Morgan fingerprint density at radius 2 is 1.48 bits per heavy atom. The van der Waals surface area contributed by atoms with Crippen LogP contribution in [0.25, 0.3) is 11.1 Å². The van der Waals surface area contributed by atoms with E-state index in [2.05, 4.69) is 10.4 Å². The highest BCUT2D eigenvalue weighted by molar-refractivity contribution is 6.20. The minimum absolute atomic E-state index is 0.192. The van der Waals surface area contributed by atoms with Crippen molar-refractivity contribution in [1.29, 1.82) is 0 Å². The molecule has 0 spiro atoms. The first-order valence-corrected chi connectivity index (χ1v) is 14.3. The molecule has 0 bridgehead atoms. The number of ether oxygens (including phenoxy) is 3. The van der Waals surface area contributed by atoms with Crippen molar-refractivity contribution < 1.29 is 38.2 Å². The molecule has 0 fully saturated rings. The largest absolute Gasteiger partial charge is 0.490 e. The summed E-state index contributed by atoms with van der Waals surface area (Å²) in [5, 5.41) is 7.70. The highest BCUT2D eigenvalue weighted by atomic mass is 16.7. The average Bonchev–Trinajstić information content (AvgIpc) is 3.50. The zero-order valence-corrected chi connectivity index (χ0v) is 25.8. The molecule has 1 aliphatic heterocycles. The summed E-state index contributed by atoms with van der Waals surface area (Å²) in [7, 11) is 0. The van der Waals surface area contributed by atoms with E-state index in [9.17, 15) is 19.2 Å². The number of imide groups is 1. The van der Waals surface area contributed by atoms with E-state index in [-0.39, 0.29) is 17.7 Å². The monoisotopic (exact) mass is 606 g/mol. The number of rotatable bonds is 11. The predicted molar refractivity (Wildman–Crippen MR) is 160 cm³/mol. The molecule has 1 aromatic heterocycles. The molecule has 2 heterocycles. The first kappa shape index (κ1) is 32.2. The molecule has 0 radical (unpaired) electrons.